The van der Waals surface area contributed by atoms with Crippen molar-refractivity contribution in [1.29, 1.82) is 0 Å². The number of carbonyl (C=O) groups is 2. The monoisotopic (exact) mass is 515 g/mol. The van der Waals surface area contributed by atoms with Crippen LogP contribution in [0.2, 0.25) is 10.0 Å². The lowest BCUT2D eigenvalue weighted by Gasteiger charge is -2.35. The molecule has 176 valence electrons. The van der Waals surface area contributed by atoms with Gasteiger partial charge in [0.25, 0.3) is 0 Å². The quantitative estimate of drug-likeness (QED) is 0.302. The minimum atomic E-state index is -0.509. The molecule has 1 amide bonds. The first-order valence-corrected chi connectivity index (χ1v) is 11.7. The highest BCUT2D eigenvalue weighted by Gasteiger charge is 2.22. The fourth-order valence-corrected chi connectivity index (χ4v) is 4.35. The van der Waals surface area contributed by atoms with Crippen LogP contribution in [0.1, 0.15) is 5.56 Å². The Kier molecular flexibility index (Phi) is 8.72. The van der Waals surface area contributed by atoms with Gasteiger partial charge >= 0.3 is 0 Å². The number of pyridine rings is 1. The van der Waals surface area contributed by atoms with Crippen molar-refractivity contribution in [2.24, 2.45) is 0 Å². The lowest BCUT2D eigenvalue weighted by Crippen LogP contribution is -2.48. The number of hydrogen-bond donors (Lipinski definition) is 0. The zero-order valence-electron chi connectivity index (χ0n) is 18.7. The molecular weight excluding hydrogens is 493 g/mol. The molecule has 4 rings (SSSR count). The van der Waals surface area contributed by atoms with E-state index in [-0.39, 0.29) is 5.91 Å². The van der Waals surface area contributed by atoms with Crippen molar-refractivity contribution < 1.29 is 9.59 Å². The van der Waals surface area contributed by atoms with Crippen LogP contribution in [0.15, 0.2) is 67.9 Å². The zero-order valence-corrected chi connectivity index (χ0v) is 21.0. The first-order chi connectivity index (χ1) is 16.2. The summed E-state index contributed by atoms with van der Waals surface area (Å²) in [6.07, 6.45) is 4.21. The van der Waals surface area contributed by atoms with Gasteiger partial charge < -0.3 is 9.80 Å². The topological polar surface area (TPSA) is 53.5 Å². The zero-order chi connectivity index (χ0) is 24.8. The molecule has 5 nitrogen and oxygen atoms in total. The van der Waals surface area contributed by atoms with E-state index in [0.717, 1.165) is 52.4 Å². The molecule has 0 saturated carbocycles. The van der Waals surface area contributed by atoms with E-state index in [1.807, 2.05) is 42.2 Å². The summed E-state index contributed by atoms with van der Waals surface area (Å²) in [7, 11) is 0. The Morgan fingerprint density at radius 2 is 1.59 bits per heavy atom. The van der Waals surface area contributed by atoms with Gasteiger partial charge in [0.1, 0.15) is 5.82 Å². The summed E-state index contributed by atoms with van der Waals surface area (Å²) < 4.78 is 0. The Morgan fingerprint density at radius 1 is 0.941 bits per heavy atom. The summed E-state index contributed by atoms with van der Waals surface area (Å²) in [6, 6.07) is 12.0. The molecule has 3 aromatic rings. The highest BCUT2D eigenvalue weighted by atomic mass is 35.5. The summed E-state index contributed by atoms with van der Waals surface area (Å²) in [5, 5.41) is 2.86. The van der Waals surface area contributed by atoms with Crippen LogP contribution < -0.4 is 4.90 Å². The molecule has 34 heavy (non-hydrogen) atoms. The minimum Gasteiger partial charge on any atom is -0.353 e. The number of rotatable bonds is 4. The molecule has 2 aromatic carbocycles. The summed E-state index contributed by atoms with van der Waals surface area (Å²) in [5.74, 6) is 0.868. The molecule has 2 heterocycles. The van der Waals surface area contributed by atoms with Crippen LogP contribution in [-0.2, 0) is 9.59 Å². The number of aromatic nitrogens is 1. The van der Waals surface area contributed by atoms with Crippen molar-refractivity contribution in [3.63, 3.8) is 0 Å². The summed E-state index contributed by atoms with van der Waals surface area (Å²) in [6.45, 7) is 11.4. The highest BCUT2D eigenvalue weighted by Crippen LogP contribution is 2.38. The van der Waals surface area contributed by atoms with E-state index in [2.05, 4.69) is 29.1 Å². The second-order valence-electron chi connectivity index (χ2n) is 7.70. The molecule has 8 heteroatoms. The number of halogens is 3. The van der Waals surface area contributed by atoms with Crippen LogP contribution in [0.3, 0.4) is 0 Å². The molecule has 0 atom stereocenters. The Balaban J connectivity index is 0.000000588. The molecule has 1 aliphatic rings. The molecule has 0 spiro atoms. The van der Waals surface area contributed by atoms with E-state index in [1.54, 1.807) is 6.20 Å². The smallest absolute Gasteiger partial charge is 0.246 e. The van der Waals surface area contributed by atoms with Crippen molar-refractivity contribution in [3.8, 4) is 11.1 Å². The van der Waals surface area contributed by atoms with Crippen LogP contribution in [0.4, 0.5) is 5.82 Å². The molecule has 1 aliphatic heterocycles. The van der Waals surface area contributed by atoms with Gasteiger partial charge in [-0.1, -0.05) is 48.5 Å². The van der Waals surface area contributed by atoms with Crippen LogP contribution in [0.5, 0.6) is 0 Å². The highest BCUT2D eigenvalue weighted by molar-refractivity contribution is 6.66. The van der Waals surface area contributed by atoms with Crippen LogP contribution in [0, 0.1) is 6.92 Å². The van der Waals surface area contributed by atoms with Gasteiger partial charge in [0.2, 0.25) is 11.1 Å². The Labute approximate surface area is 214 Å². The van der Waals surface area contributed by atoms with Gasteiger partial charge in [0.15, 0.2) is 0 Å². The average molecular weight is 517 g/mol. The molecule has 0 N–H and O–H groups in total. The van der Waals surface area contributed by atoms with Crippen LogP contribution in [0.25, 0.3) is 21.9 Å². The molecule has 0 unspecified atom stereocenters. The second kappa shape index (κ2) is 11.5. The third kappa shape index (κ3) is 5.98. The molecule has 1 saturated heterocycles. The molecule has 0 radical (unpaired) electrons. The van der Waals surface area contributed by atoms with Gasteiger partial charge in [0, 0.05) is 58.9 Å². The lowest BCUT2D eigenvalue weighted by atomic mass is 10.00. The van der Waals surface area contributed by atoms with Gasteiger partial charge in [0.05, 0.1) is 0 Å². The number of amides is 1. The number of carbonyl (C=O) groups excluding carboxylic acids is 2. The van der Waals surface area contributed by atoms with Crippen molar-refractivity contribution in [3.05, 3.63) is 83.5 Å². The van der Waals surface area contributed by atoms with Crippen molar-refractivity contribution in [2.75, 3.05) is 31.1 Å². The predicted molar refractivity (Wildman–Crippen MR) is 142 cm³/mol. The maximum absolute atomic E-state index is 11.9. The Morgan fingerprint density at radius 3 is 2.18 bits per heavy atom. The number of benzene rings is 2. The van der Waals surface area contributed by atoms with Gasteiger partial charge in [-0.05, 0) is 65.9 Å². The second-order valence-corrected chi connectivity index (χ2v) is 8.88. The van der Waals surface area contributed by atoms with Crippen LogP contribution >= 0.6 is 34.8 Å². The maximum Gasteiger partial charge on any atom is 0.246 e. The first-order valence-electron chi connectivity index (χ1n) is 10.6. The van der Waals surface area contributed by atoms with Gasteiger partial charge in [-0.2, -0.15) is 0 Å². The van der Waals surface area contributed by atoms with Gasteiger partial charge in [-0.25, -0.2) is 4.98 Å². The van der Waals surface area contributed by atoms with Crippen LogP contribution in [-0.4, -0.2) is 47.2 Å². The van der Waals surface area contributed by atoms with Crippen molar-refractivity contribution in [1.82, 2.24) is 9.88 Å². The molecule has 1 aromatic heterocycles. The third-order valence-electron chi connectivity index (χ3n) is 5.47. The predicted octanol–water partition coefficient (Wildman–Crippen LogP) is 6.29. The average Bonchev–Trinajstić information content (AvgIpc) is 2.83. The standard InChI is InChI=1S/C23H21Cl2N3O.C3H3ClO/c1-3-22(29)27-8-10-28(11-9-27)23-18-14-19(17-5-4-15(2)12-20(17)24)21(25)13-16(18)6-7-26-23;1-2-3(4)5/h3-7,12-14H,1,8-11H2,2H3;2H,1H2. The summed E-state index contributed by atoms with van der Waals surface area (Å²) in [5.41, 5.74) is 2.89. The fraction of sp³-hybridized carbons (Fsp3) is 0.192. The number of hydrogen-bond acceptors (Lipinski definition) is 4. The summed E-state index contributed by atoms with van der Waals surface area (Å²) in [4.78, 5) is 30.0. The number of nitrogens with zero attached hydrogens (tertiary/aromatic N) is 3. The molecule has 0 aliphatic carbocycles. The number of anilines is 1. The fourth-order valence-electron chi connectivity index (χ4n) is 3.74. The lowest BCUT2D eigenvalue weighted by molar-refractivity contribution is -0.126. The Hall–Kier alpha value is -2.86. The van der Waals surface area contributed by atoms with E-state index in [1.165, 1.54) is 6.08 Å². The van der Waals surface area contributed by atoms with Gasteiger partial charge in [-0.3, -0.25) is 9.59 Å². The largest absolute Gasteiger partial charge is 0.353 e. The summed E-state index contributed by atoms with van der Waals surface area (Å²) >= 11 is 17.8. The Bertz CT molecular complexity index is 1250. The van der Waals surface area contributed by atoms with Crippen molar-refractivity contribution >= 4 is 62.5 Å². The molecular formula is C26H24Cl3N3O2. The number of aryl methyl sites for hydroxylation is 1. The first kappa shape index (κ1) is 25.8. The van der Waals surface area contributed by atoms with E-state index in [0.29, 0.717) is 23.1 Å². The molecule has 1 fully saturated rings. The van der Waals surface area contributed by atoms with E-state index in [4.69, 9.17) is 34.8 Å². The number of allylic oxidation sites excluding steroid dienone is 1. The number of piperazine rings is 1. The van der Waals surface area contributed by atoms with Gasteiger partial charge in [-0.15, -0.1) is 0 Å². The molecule has 0 bridgehead atoms. The maximum atomic E-state index is 11.9. The van der Waals surface area contributed by atoms with E-state index >= 15 is 0 Å². The van der Waals surface area contributed by atoms with E-state index in [9.17, 15) is 9.59 Å². The third-order valence-corrected chi connectivity index (χ3v) is 6.25. The van der Waals surface area contributed by atoms with E-state index < -0.39 is 5.24 Å². The minimum absolute atomic E-state index is 0.0291. The number of fused-ring (bicyclic) bond motifs is 1. The SMILES string of the molecule is C=CC(=O)Cl.C=CC(=O)N1CCN(c2nccc3cc(Cl)c(-c4ccc(C)cc4Cl)cc23)CC1. The normalized spacial score (nSPS) is 13.2. The van der Waals surface area contributed by atoms with Crippen molar-refractivity contribution in [2.45, 2.75) is 6.92 Å².